The van der Waals surface area contributed by atoms with Crippen molar-refractivity contribution in [1.82, 2.24) is 9.29 Å². The number of amides is 1. The maximum Gasteiger partial charge on any atom is 0.256 e. The fourth-order valence-electron chi connectivity index (χ4n) is 1.74. The van der Waals surface area contributed by atoms with Gasteiger partial charge in [-0.3, -0.25) is 4.79 Å². The quantitative estimate of drug-likeness (QED) is 0.933. The van der Waals surface area contributed by atoms with Crippen LogP contribution in [0.1, 0.15) is 15.9 Å². The molecule has 7 heteroatoms. The molecule has 0 radical (unpaired) electrons. The van der Waals surface area contributed by atoms with Crippen LogP contribution in [0, 0.1) is 6.92 Å². The Morgan fingerprint density at radius 2 is 1.91 bits per heavy atom. The fraction of sp³-hybridized carbons (Fsp3) is 0.200. The summed E-state index contributed by atoms with van der Waals surface area (Å²) in [5.74, 6) is 0.00336. The van der Waals surface area contributed by atoms with Crippen molar-refractivity contribution in [2.24, 2.45) is 0 Å². The maximum absolute atomic E-state index is 12.2. The molecule has 0 bridgehead atoms. The van der Waals surface area contributed by atoms with E-state index in [4.69, 9.17) is 0 Å². The summed E-state index contributed by atoms with van der Waals surface area (Å²) in [6, 6.07) is 9.41. The summed E-state index contributed by atoms with van der Waals surface area (Å²) in [6.07, 6.45) is 1.64. The van der Waals surface area contributed by atoms with E-state index in [1.54, 1.807) is 18.3 Å². The monoisotopic (exact) mass is 319 g/mol. The lowest BCUT2D eigenvalue weighted by Gasteiger charge is -2.12. The number of aromatic nitrogens is 1. The van der Waals surface area contributed by atoms with Gasteiger partial charge in [-0.2, -0.15) is 0 Å². The highest BCUT2D eigenvalue weighted by molar-refractivity contribution is 7.89. The summed E-state index contributed by atoms with van der Waals surface area (Å²) < 4.78 is 25.3. The number of anilines is 1. The number of carbonyl (C=O) groups excluding carboxylic acids is 1. The van der Waals surface area contributed by atoms with Crippen LogP contribution in [-0.2, 0) is 10.0 Å². The van der Waals surface area contributed by atoms with Gasteiger partial charge in [0.1, 0.15) is 5.82 Å². The van der Waals surface area contributed by atoms with Crippen LogP contribution in [0.4, 0.5) is 5.82 Å². The highest BCUT2D eigenvalue weighted by atomic mass is 32.2. The van der Waals surface area contributed by atoms with Gasteiger partial charge in [0, 0.05) is 25.9 Å². The predicted octanol–water partition coefficient (Wildman–Crippen LogP) is 1.89. The van der Waals surface area contributed by atoms with E-state index in [1.165, 1.54) is 32.3 Å². The molecule has 1 heterocycles. The number of pyridine rings is 1. The smallest absolute Gasteiger partial charge is 0.256 e. The molecule has 1 amide bonds. The average Bonchev–Trinajstić information content (AvgIpc) is 2.49. The second kappa shape index (κ2) is 6.25. The van der Waals surface area contributed by atoms with E-state index in [2.05, 4.69) is 10.3 Å². The molecule has 0 atom stereocenters. The van der Waals surface area contributed by atoms with Gasteiger partial charge in [0.25, 0.3) is 5.91 Å². The van der Waals surface area contributed by atoms with Crippen LogP contribution in [0.15, 0.2) is 47.5 Å². The molecule has 0 fully saturated rings. The lowest BCUT2D eigenvalue weighted by atomic mass is 10.2. The first kappa shape index (κ1) is 16.1. The predicted molar refractivity (Wildman–Crippen MR) is 84.2 cm³/mol. The third kappa shape index (κ3) is 3.49. The molecular weight excluding hydrogens is 302 g/mol. The van der Waals surface area contributed by atoms with E-state index in [1.807, 2.05) is 13.0 Å². The van der Waals surface area contributed by atoms with Gasteiger partial charge < -0.3 is 5.32 Å². The van der Waals surface area contributed by atoms with Gasteiger partial charge in [-0.05, 0) is 36.8 Å². The van der Waals surface area contributed by atoms with Gasteiger partial charge in [0.2, 0.25) is 10.0 Å². The van der Waals surface area contributed by atoms with Crippen molar-refractivity contribution < 1.29 is 13.2 Å². The maximum atomic E-state index is 12.2. The molecule has 0 saturated heterocycles. The molecule has 1 N–H and O–H groups in total. The number of hydrogen-bond donors (Lipinski definition) is 1. The van der Waals surface area contributed by atoms with Crippen molar-refractivity contribution in [3.05, 3.63) is 53.7 Å². The van der Waals surface area contributed by atoms with Gasteiger partial charge in [0.05, 0.1) is 4.90 Å². The second-order valence-electron chi connectivity index (χ2n) is 4.99. The number of hydrogen-bond acceptors (Lipinski definition) is 4. The lowest BCUT2D eigenvalue weighted by molar-refractivity contribution is 0.102. The Balaban J connectivity index is 2.26. The van der Waals surface area contributed by atoms with E-state index in [0.717, 1.165) is 9.87 Å². The third-order valence-corrected chi connectivity index (χ3v) is 4.84. The SMILES string of the molecule is Cc1ccc(NC(=O)c2cccc(S(=O)(=O)N(C)C)c2)nc1. The molecular formula is C15H17N3O3S. The van der Waals surface area contributed by atoms with Crippen molar-refractivity contribution in [2.75, 3.05) is 19.4 Å². The zero-order valence-electron chi connectivity index (χ0n) is 12.6. The van der Waals surface area contributed by atoms with Crippen molar-refractivity contribution in [2.45, 2.75) is 11.8 Å². The van der Waals surface area contributed by atoms with Crippen LogP contribution in [0.2, 0.25) is 0 Å². The number of sulfonamides is 1. The molecule has 2 aromatic rings. The first-order valence-corrected chi connectivity index (χ1v) is 8.01. The number of benzene rings is 1. The van der Waals surface area contributed by atoms with Gasteiger partial charge in [0.15, 0.2) is 0 Å². The van der Waals surface area contributed by atoms with Gasteiger partial charge >= 0.3 is 0 Å². The van der Waals surface area contributed by atoms with E-state index in [0.29, 0.717) is 5.82 Å². The summed E-state index contributed by atoms with van der Waals surface area (Å²) in [4.78, 5) is 16.3. The van der Waals surface area contributed by atoms with Gasteiger partial charge in [-0.15, -0.1) is 0 Å². The highest BCUT2D eigenvalue weighted by Gasteiger charge is 2.18. The molecule has 0 aliphatic heterocycles. The number of carbonyl (C=O) groups is 1. The van der Waals surface area contributed by atoms with E-state index in [9.17, 15) is 13.2 Å². The molecule has 22 heavy (non-hydrogen) atoms. The topological polar surface area (TPSA) is 79.4 Å². The first-order chi connectivity index (χ1) is 10.3. The molecule has 0 aliphatic rings. The van der Waals surface area contributed by atoms with Crippen molar-refractivity contribution in [1.29, 1.82) is 0 Å². The summed E-state index contributed by atoms with van der Waals surface area (Å²) in [7, 11) is -0.688. The molecule has 0 saturated carbocycles. The number of aryl methyl sites for hydroxylation is 1. The lowest BCUT2D eigenvalue weighted by Crippen LogP contribution is -2.22. The summed E-state index contributed by atoms with van der Waals surface area (Å²) in [5.41, 5.74) is 1.24. The Hall–Kier alpha value is -2.25. The molecule has 2 rings (SSSR count). The normalized spacial score (nSPS) is 11.5. The molecule has 1 aromatic heterocycles. The number of rotatable bonds is 4. The zero-order chi connectivity index (χ0) is 16.3. The minimum Gasteiger partial charge on any atom is -0.307 e. The molecule has 116 valence electrons. The van der Waals surface area contributed by atoms with Crippen molar-refractivity contribution >= 4 is 21.7 Å². The third-order valence-electron chi connectivity index (χ3n) is 3.03. The minimum absolute atomic E-state index is 0.0713. The number of nitrogens with zero attached hydrogens (tertiary/aromatic N) is 2. The van der Waals surface area contributed by atoms with Gasteiger partial charge in [-0.25, -0.2) is 17.7 Å². The van der Waals surface area contributed by atoms with E-state index >= 15 is 0 Å². The minimum atomic E-state index is -3.57. The largest absolute Gasteiger partial charge is 0.307 e. The van der Waals surface area contributed by atoms with Crippen LogP contribution in [0.3, 0.4) is 0 Å². The van der Waals surface area contributed by atoms with Crippen LogP contribution in [0.25, 0.3) is 0 Å². The molecule has 0 spiro atoms. The Kier molecular flexibility index (Phi) is 4.58. The standard InChI is InChI=1S/C15H17N3O3S/c1-11-7-8-14(16-10-11)17-15(19)12-5-4-6-13(9-12)22(20,21)18(2)3/h4-10H,1-3H3,(H,16,17,19). The van der Waals surface area contributed by atoms with Crippen LogP contribution < -0.4 is 5.32 Å². The number of nitrogens with one attached hydrogen (secondary N) is 1. The molecule has 0 aliphatic carbocycles. The Labute approximate surface area is 129 Å². The summed E-state index contributed by atoms with van der Waals surface area (Å²) in [6.45, 7) is 1.90. The average molecular weight is 319 g/mol. The van der Waals surface area contributed by atoms with E-state index in [-0.39, 0.29) is 10.5 Å². The Morgan fingerprint density at radius 3 is 2.50 bits per heavy atom. The first-order valence-electron chi connectivity index (χ1n) is 6.57. The zero-order valence-corrected chi connectivity index (χ0v) is 13.4. The van der Waals surface area contributed by atoms with Crippen molar-refractivity contribution in [3.8, 4) is 0 Å². The van der Waals surface area contributed by atoms with Crippen LogP contribution in [-0.4, -0.2) is 37.7 Å². The molecule has 6 nitrogen and oxygen atoms in total. The Morgan fingerprint density at radius 1 is 1.18 bits per heavy atom. The van der Waals surface area contributed by atoms with Crippen molar-refractivity contribution in [3.63, 3.8) is 0 Å². The highest BCUT2D eigenvalue weighted by Crippen LogP contribution is 2.16. The van der Waals surface area contributed by atoms with Crippen LogP contribution >= 0.6 is 0 Å². The second-order valence-corrected chi connectivity index (χ2v) is 7.14. The Bertz CT molecular complexity index is 784. The fourth-order valence-corrected chi connectivity index (χ4v) is 2.69. The van der Waals surface area contributed by atoms with Gasteiger partial charge in [-0.1, -0.05) is 12.1 Å². The summed E-state index contributed by atoms with van der Waals surface area (Å²) in [5, 5.41) is 2.63. The van der Waals surface area contributed by atoms with E-state index < -0.39 is 15.9 Å². The van der Waals surface area contributed by atoms with Crippen LogP contribution in [0.5, 0.6) is 0 Å². The molecule has 1 aromatic carbocycles. The molecule has 0 unspecified atom stereocenters. The summed E-state index contributed by atoms with van der Waals surface area (Å²) >= 11 is 0.